The molecule has 3 rings (SSSR count). The molecular formula is C13H10F3N5S2. The van der Waals surface area contributed by atoms with E-state index in [2.05, 4.69) is 25.5 Å². The van der Waals surface area contributed by atoms with E-state index in [0.717, 1.165) is 11.8 Å². The molecule has 0 saturated heterocycles. The van der Waals surface area contributed by atoms with E-state index < -0.39 is 12.0 Å². The molecule has 0 spiro atoms. The van der Waals surface area contributed by atoms with Crippen LogP contribution < -0.4 is 5.32 Å². The Kier molecular flexibility index (Phi) is 4.35. The normalized spacial score (nSPS) is 11.8. The maximum Gasteiger partial charge on any atom is 0.451 e. The van der Waals surface area contributed by atoms with Gasteiger partial charge in [-0.25, -0.2) is 9.97 Å². The molecule has 0 bridgehead atoms. The Bertz CT molecular complexity index is 834. The van der Waals surface area contributed by atoms with Crippen molar-refractivity contribution in [2.24, 2.45) is 0 Å². The molecule has 0 saturated carbocycles. The van der Waals surface area contributed by atoms with Gasteiger partial charge in [-0.05, 0) is 24.8 Å². The molecule has 0 unspecified atom stereocenters. The maximum atomic E-state index is 13.0. The number of rotatable bonds is 4. The summed E-state index contributed by atoms with van der Waals surface area (Å²) in [6, 6.07) is 6.58. The molecule has 5 nitrogen and oxygen atoms in total. The topological polar surface area (TPSA) is 63.6 Å². The van der Waals surface area contributed by atoms with Gasteiger partial charge in [-0.2, -0.15) is 13.2 Å². The lowest BCUT2D eigenvalue weighted by molar-refractivity contribution is -0.145. The third-order valence-corrected chi connectivity index (χ3v) is 4.68. The minimum Gasteiger partial charge on any atom is -0.360 e. The van der Waals surface area contributed by atoms with E-state index in [0.29, 0.717) is 21.4 Å². The number of alkyl halides is 3. The monoisotopic (exact) mass is 357 g/mol. The lowest BCUT2D eigenvalue weighted by atomic mass is 10.2. The van der Waals surface area contributed by atoms with E-state index in [-0.39, 0.29) is 10.5 Å². The molecule has 0 fully saturated rings. The van der Waals surface area contributed by atoms with Crippen molar-refractivity contribution >= 4 is 39.1 Å². The van der Waals surface area contributed by atoms with Gasteiger partial charge >= 0.3 is 6.18 Å². The number of nitrogens with zero attached hydrogens (tertiary/aromatic N) is 4. The second kappa shape index (κ2) is 6.28. The van der Waals surface area contributed by atoms with Gasteiger partial charge in [0.15, 0.2) is 4.34 Å². The van der Waals surface area contributed by atoms with Crippen LogP contribution in [0.2, 0.25) is 0 Å². The molecule has 0 atom stereocenters. The van der Waals surface area contributed by atoms with Crippen LogP contribution >= 0.6 is 23.1 Å². The molecule has 2 heterocycles. The number of nitrogens with one attached hydrogen (secondary N) is 1. The van der Waals surface area contributed by atoms with Crippen molar-refractivity contribution in [1.82, 2.24) is 20.2 Å². The molecule has 1 aromatic carbocycles. The van der Waals surface area contributed by atoms with Gasteiger partial charge in [-0.15, -0.1) is 10.2 Å². The Morgan fingerprint density at radius 3 is 2.70 bits per heavy atom. The summed E-state index contributed by atoms with van der Waals surface area (Å²) in [4.78, 5) is 7.26. The Hall–Kier alpha value is -1.94. The average Bonchev–Trinajstić information content (AvgIpc) is 2.94. The molecule has 0 radical (unpaired) electrons. The van der Waals surface area contributed by atoms with Crippen LogP contribution in [0.1, 0.15) is 12.7 Å². The van der Waals surface area contributed by atoms with Gasteiger partial charge in [-0.3, -0.25) is 0 Å². The van der Waals surface area contributed by atoms with Gasteiger partial charge in [0.05, 0.1) is 5.52 Å². The van der Waals surface area contributed by atoms with Crippen molar-refractivity contribution in [1.29, 1.82) is 0 Å². The average molecular weight is 357 g/mol. The molecule has 23 heavy (non-hydrogen) atoms. The van der Waals surface area contributed by atoms with Crippen LogP contribution in [0.4, 0.5) is 18.3 Å². The van der Waals surface area contributed by atoms with Crippen LogP contribution in [0.25, 0.3) is 10.9 Å². The van der Waals surface area contributed by atoms with Crippen LogP contribution in [0.15, 0.2) is 33.6 Å². The zero-order valence-electron chi connectivity index (χ0n) is 11.8. The highest BCUT2D eigenvalue weighted by Crippen LogP contribution is 2.36. The first kappa shape index (κ1) is 15.9. The van der Waals surface area contributed by atoms with E-state index in [9.17, 15) is 13.2 Å². The number of anilines is 1. The number of benzene rings is 1. The summed E-state index contributed by atoms with van der Waals surface area (Å²) in [6.07, 6.45) is -4.60. The highest BCUT2D eigenvalue weighted by atomic mass is 32.2. The second-order valence-corrected chi connectivity index (χ2v) is 6.59. The SMILES string of the molecule is CCNc1nnc(Sc2nc(C(F)(F)F)nc3ccccc23)s1. The van der Waals surface area contributed by atoms with Gasteiger partial charge < -0.3 is 5.32 Å². The smallest absolute Gasteiger partial charge is 0.360 e. The Morgan fingerprint density at radius 2 is 1.96 bits per heavy atom. The van der Waals surface area contributed by atoms with E-state index in [1.54, 1.807) is 18.2 Å². The largest absolute Gasteiger partial charge is 0.451 e. The fraction of sp³-hybridized carbons (Fsp3) is 0.231. The van der Waals surface area contributed by atoms with Gasteiger partial charge in [0, 0.05) is 11.9 Å². The van der Waals surface area contributed by atoms with Crippen molar-refractivity contribution in [3.8, 4) is 0 Å². The van der Waals surface area contributed by atoms with Crippen molar-refractivity contribution in [3.05, 3.63) is 30.1 Å². The molecule has 10 heteroatoms. The molecule has 0 aliphatic carbocycles. The molecule has 0 aliphatic heterocycles. The molecule has 2 aromatic heterocycles. The summed E-state index contributed by atoms with van der Waals surface area (Å²) in [5.41, 5.74) is 0.244. The fourth-order valence-electron chi connectivity index (χ4n) is 1.81. The summed E-state index contributed by atoms with van der Waals surface area (Å²) in [5, 5.41) is 12.3. The summed E-state index contributed by atoms with van der Waals surface area (Å²) in [5.74, 6) is -1.16. The van der Waals surface area contributed by atoms with Crippen molar-refractivity contribution in [3.63, 3.8) is 0 Å². The van der Waals surface area contributed by atoms with Crippen LogP contribution in [-0.2, 0) is 6.18 Å². The molecule has 0 amide bonds. The van der Waals surface area contributed by atoms with Crippen molar-refractivity contribution < 1.29 is 13.2 Å². The van der Waals surface area contributed by atoms with Crippen LogP contribution in [-0.4, -0.2) is 26.7 Å². The summed E-state index contributed by atoms with van der Waals surface area (Å²) >= 11 is 2.31. The highest BCUT2D eigenvalue weighted by Gasteiger charge is 2.35. The van der Waals surface area contributed by atoms with Gasteiger partial charge in [0.2, 0.25) is 11.0 Å². The zero-order valence-corrected chi connectivity index (χ0v) is 13.4. The van der Waals surface area contributed by atoms with Crippen LogP contribution in [0, 0.1) is 0 Å². The quantitative estimate of drug-likeness (QED) is 0.710. The Labute approximate surface area is 137 Å². The standard InChI is InChI=1S/C13H10F3N5S2/c1-2-17-11-20-21-12(23-11)22-9-7-5-3-4-6-8(7)18-10(19-9)13(14,15)16/h3-6H,2H2,1H3,(H,17,20). The first-order chi connectivity index (χ1) is 11.0. The predicted octanol–water partition coefficient (Wildman–Crippen LogP) is 4.08. The van der Waals surface area contributed by atoms with Gasteiger partial charge in [-0.1, -0.05) is 29.5 Å². The predicted molar refractivity (Wildman–Crippen MR) is 82.7 cm³/mol. The van der Waals surface area contributed by atoms with E-state index in [4.69, 9.17) is 0 Å². The lowest BCUT2D eigenvalue weighted by Gasteiger charge is -2.09. The number of aromatic nitrogens is 4. The minimum absolute atomic E-state index is 0.210. The minimum atomic E-state index is -4.60. The maximum absolute atomic E-state index is 13.0. The second-order valence-electron chi connectivity index (χ2n) is 4.37. The van der Waals surface area contributed by atoms with Crippen LogP contribution in [0.3, 0.4) is 0 Å². The van der Waals surface area contributed by atoms with E-state index >= 15 is 0 Å². The summed E-state index contributed by atoms with van der Waals surface area (Å²) in [6.45, 7) is 2.61. The first-order valence-electron chi connectivity index (χ1n) is 6.56. The fourth-order valence-corrected chi connectivity index (χ4v) is 3.66. The van der Waals surface area contributed by atoms with E-state index in [1.807, 2.05) is 6.92 Å². The molecule has 1 N–H and O–H groups in total. The Morgan fingerprint density at radius 1 is 1.17 bits per heavy atom. The Balaban J connectivity index is 2.03. The van der Waals surface area contributed by atoms with Crippen LogP contribution in [0.5, 0.6) is 0 Å². The van der Waals surface area contributed by atoms with Gasteiger partial charge in [0.25, 0.3) is 0 Å². The number of hydrogen-bond acceptors (Lipinski definition) is 7. The number of halogens is 3. The lowest BCUT2D eigenvalue weighted by Crippen LogP contribution is -2.11. The number of fused-ring (bicyclic) bond motifs is 1. The summed E-state index contributed by atoms with van der Waals surface area (Å²) < 4.78 is 39.4. The van der Waals surface area contributed by atoms with Crippen molar-refractivity contribution in [2.45, 2.75) is 22.5 Å². The van der Waals surface area contributed by atoms with Gasteiger partial charge in [0.1, 0.15) is 5.03 Å². The molecular weight excluding hydrogens is 347 g/mol. The number of hydrogen-bond donors (Lipinski definition) is 1. The highest BCUT2D eigenvalue weighted by molar-refractivity contribution is 8.01. The third kappa shape index (κ3) is 3.53. The van der Waals surface area contributed by atoms with E-state index in [1.165, 1.54) is 17.4 Å². The van der Waals surface area contributed by atoms with Crippen molar-refractivity contribution in [2.75, 3.05) is 11.9 Å². The number of para-hydroxylation sites is 1. The first-order valence-corrected chi connectivity index (χ1v) is 8.20. The zero-order chi connectivity index (χ0) is 16.4. The summed E-state index contributed by atoms with van der Waals surface area (Å²) in [7, 11) is 0. The third-order valence-electron chi connectivity index (χ3n) is 2.74. The molecule has 0 aliphatic rings. The molecule has 3 aromatic rings. The molecule has 120 valence electrons.